The molecule has 0 aliphatic carbocycles. The molecule has 2 fully saturated rings. The van der Waals surface area contributed by atoms with Gasteiger partial charge in [0.25, 0.3) is 11.8 Å². The lowest BCUT2D eigenvalue weighted by Crippen LogP contribution is -2.39. The van der Waals surface area contributed by atoms with Crippen LogP contribution in [0.3, 0.4) is 0 Å². The fourth-order valence-electron chi connectivity index (χ4n) is 4.83. The lowest BCUT2D eigenvalue weighted by atomic mass is 9.96. The molecule has 0 saturated carbocycles. The van der Waals surface area contributed by atoms with E-state index in [-0.39, 0.29) is 17.7 Å². The van der Waals surface area contributed by atoms with E-state index in [9.17, 15) is 9.59 Å². The Kier molecular flexibility index (Phi) is 7.38. The number of rotatable bonds is 5. The van der Waals surface area contributed by atoms with Gasteiger partial charge in [0.1, 0.15) is 5.82 Å². The molecule has 7 heteroatoms. The standard InChI is InChI=1S/C26H35N5O2/c1-19-23(26(33)30-13-5-4-6-14-30)16-27-24(28-19)22-8-7-15-31(18-22)25(32)21-11-9-20(10-12-21)17-29(2)3/h9-12,16,22H,4-8,13-15,17-18H2,1-3H3/t22-/m1/s1. The summed E-state index contributed by atoms with van der Waals surface area (Å²) in [6, 6.07) is 7.90. The molecule has 2 aliphatic heterocycles. The summed E-state index contributed by atoms with van der Waals surface area (Å²) in [7, 11) is 4.07. The Morgan fingerprint density at radius 3 is 2.33 bits per heavy atom. The van der Waals surface area contributed by atoms with Gasteiger partial charge in [0.2, 0.25) is 0 Å². The molecule has 0 bridgehead atoms. The van der Waals surface area contributed by atoms with Crippen molar-refractivity contribution in [1.82, 2.24) is 24.7 Å². The predicted octanol–water partition coefficient (Wildman–Crippen LogP) is 3.49. The molecule has 0 unspecified atom stereocenters. The number of hydrogen-bond acceptors (Lipinski definition) is 5. The van der Waals surface area contributed by atoms with Crippen LogP contribution in [-0.4, -0.2) is 76.8 Å². The van der Waals surface area contributed by atoms with Crippen LogP contribution >= 0.6 is 0 Å². The van der Waals surface area contributed by atoms with Crippen molar-refractivity contribution in [1.29, 1.82) is 0 Å². The van der Waals surface area contributed by atoms with Crippen molar-refractivity contribution in [2.45, 2.75) is 51.5 Å². The molecule has 33 heavy (non-hydrogen) atoms. The highest BCUT2D eigenvalue weighted by Gasteiger charge is 2.28. The van der Waals surface area contributed by atoms with E-state index in [1.165, 1.54) is 12.0 Å². The van der Waals surface area contributed by atoms with E-state index in [4.69, 9.17) is 4.98 Å². The van der Waals surface area contributed by atoms with Gasteiger partial charge in [0.05, 0.1) is 11.3 Å². The Hall–Kier alpha value is -2.80. The third-order valence-corrected chi connectivity index (χ3v) is 6.65. The third kappa shape index (κ3) is 5.58. The van der Waals surface area contributed by atoms with Crippen molar-refractivity contribution in [3.8, 4) is 0 Å². The zero-order chi connectivity index (χ0) is 23.4. The van der Waals surface area contributed by atoms with Crippen LogP contribution < -0.4 is 0 Å². The van der Waals surface area contributed by atoms with Crippen molar-refractivity contribution in [2.24, 2.45) is 0 Å². The van der Waals surface area contributed by atoms with Crippen LogP contribution in [0.5, 0.6) is 0 Å². The molecule has 3 heterocycles. The van der Waals surface area contributed by atoms with E-state index in [1.807, 2.05) is 55.1 Å². The Bertz CT molecular complexity index is 983. The van der Waals surface area contributed by atoms with Gasteiger partial charge in [0, 0.05) is 50.4 Å². The van der Waals surface area contributed by atoms with Crippen LogP contribution in [-0.2, 0) is 6.54 Å². The van der Waals surface area contributed by atoms with Crippen molar-refractivity contribution >= 4 is 11.8 Å². The highest BCUT2D eigenvalue weighted by atomic mass is 16.2. The number of amides is 2. The quantitative estimate of drug-likeness (QED) is 0.699. The number of aryl methyl sites for hydroxylation is 1. The zero-order valence-corrected chi connectivity index (χ0v) is 20.1. The van der Waals surface area contributed by atoms with Gasteiger partial charge in [-0.25, -0.2) is 9.97 Å². The summed E-state index contributed by atoms with van der Waals surface area (Å²) in [5, 5.41) is 0. The fraction of sp³-hybridized carbons (Fsp3) is 0.538. The van der Waals surface area contributed by atoms with Gasteiger partial charge >= 0.3 is 0 Å². The van der Waals surface area contributed by atoms with Gasteiger partial charge in [-0.05, 0) is 70.8 Å². The van der Waals surface area contributed by atoms with Gasteiger partial charge in [0.15, 0.2) is 0 Å². The Labute approximate surface area is 196 Å². The number of carbonyl (C=O) groups is 2. The Balaban J connectivity index is 1.43. The van der Waals surface area contributed by atoms with Gasteiger partial charge in [-0.1, -0.05) is 12.1 Å². The summed E-state index contributed by atoms with van der Waals surface area (Å²) in [6.45, 7) is 5.73. The summed E-state index contributed by atoms with van der Waals surface area (Å²) >= 11 is 0. The topological polar surface area (TPSA) is 69.6 Å². The summed E-state index contributed by atoms with van der Waals surface area (Å²) in [5.74, 6) is 0.928. The molecule has 4 rings (SSSR count). The van der Waals surface area contributed by atoms with E-state index >= 15 is 0 Å². The first-order valence-electron chi connectivity index (χ1n) is 12.1. The molecule has 1 atom stereocenters. The number of hydrogen-bond donors (Lipinski definition) is 0. The van der Waals surface area contributed by atoms with Crippen LogP contribution in [0.2, 0.25) is 0 Å². The predicted molar refractivity (Wildman–Crippen MR) is 128 cm³/mol. The monoisotopic (exact) mass is 449 g/mol. The maximum atomic E-state index is 13.1. The van der Waals surface area contributed by atoms with Gasteiger partial charge in [-0.15, -0.1) is 0 Å². The molecular weight excluding hydrogens is 414 g/mol. The third-order valence-electron chi connectivity index (χ3n) is 6.65. The highest BCUT2D eigenvalue weighted by molar-refractivity contribution is 5.95. The van der Waals surface area contributed by atoms with E-state index in [1.54, 1.807) is 6.20 Å². The molecule has 2 aliphatic rings. The number of nitrogens with zero attached hydrogens (tertiary/aromatic N) is 5. The molecule has 0 spiro atoms. The van der Waals surface area contributed by atoms with Crippen LogP contribution in [0.15, 0.2) is 30.5 Å². The normalized spacial score (nSPS) is 19.1. The first-order chi connectivity index (χ1) is 15.9. The number of likely N-dealkylation sites (tertiary alicyclic amines) is 2. The summed E-state index contributed by atoms with van der Waals surface area (Å²) in [4.78, 5) is 41.2. The first kappa shape index (κ1) is 23.4. The Morgan fingerprint density at radius 2 is 1.67 bits per heavy atom. The maximum absolute atomic E-state index is 13.1. The van der Waals surface area contributed by atoms with E-state index < -0.39 is 0 Å². The molecule has 1 aromatic carbocycles. The average Bonchev–Trinajstić information content (AvgIpc) is 2.84. The summed E-state index contributed by atoms with van der Waals surface area (Å²) in [5.41, 5.74) is 3.24. The van der Waals surface area contributed by atoms with Crippen molar-refractivity contribution in [2.75, 3.05) is 40.3 Å². The summed E-state index contributed by atoms with van der Waals surface area (Å²) in [6.07, 6.45) is 6.88. The SMILES string of the molecule is Cc1nc([C@@H]2CCCN(C(=O)c3ccc(CN(C)C)cc3)C2)ncc1C(=O)N1CCCCC1. The largest absolute Gasteiger partial charge is 0.339 e. The maximum Gasteiger partial charge on any atom is 0.257 e. The van der Waals surface area contributed by atoms with E-state index in [0.29, 0.717) is 12.1 Å². The highest BCUT2D eigenvalue weighted by Crippen LogP contribution is 2.26. The lowest BCUT2D eigenvalue weighted by molar-refractivity contribution is 0.0704. The minimum absolute atomic E-state index is 0.0388. The number of piperidine rings is 2. The van der Waals surface area contributed by atoms with Crippen molar-refractivity contribution < 1.29 is 9.59 Å². The molecule has 0 radical (unpaired) electrons. The van der Waals surface area contributed by atoms with Gasteiger partial charge in [-0.2, -0.15) is 0 Å². The molecule has 176 valence electrons. The molecule has 7 nitrogen and oxygen atoms in total. The van der Waals surface area contributed by atoms with Gasteiger partial charge in [-0.3, -0.25) is 9.59 Å². The van der Waals surface area contributed by atoms with E-state index in [0.717, 1.165) is 68.9 Å². The smallest absolute Gasteiger partial charge is 0.257 e. The van der Waals surface area contributed by atoms with Crippen molar-refractivity contribution in [3.05, 3.63) is 58.7 Å². The second-order valence-electron chi connectivity index (χ2n) is 9.61. The molecule has 2 saturated heterocycles. The van der Waals surface area contributed by atoms with Gasteiger partial charge < -0.3 is 14.7 Å². The molecule has 2 aromatic rings. The van der Waals surface area contributed by atoms with Crippen LogP contribution in [0.25, 0.3) is 0 Å². The summed E-state index contributed by atoms with van der Waals surface area (Å²) < 4.78 is 0. The minimum atomic E-state index is 0.0388. The van der Waals surface area contributed by atoms with Crippen molar-refractivity contribution in [3.63, 3.8) is 0 Å². The van der Waals surface area contributed by atoms with Crippen LogP contribution in [0, 0.1) is 6.92 Å². The first-order valence-corrected chi connectivity index (χ1v) is 12.1. The number of aromatic nitrogens is 2. The zero-order valence-electron chi connectivity index (χ0n) is 20.1. The number of carbonyl (C=O) groups excluding carboxylic acids is 2. The van der Waals surface area contributed by atoms with E-state index in [2.05, 4.69) is 9.88 Å². The molecule has 1 aromatic heterocycles. The van der Waals surface area contributed by atoms with Crippen LogP contribution in [0.1, 0.15) is 75.8 Å². The molecule has 2 amide bonds. The lowest BCUT2D eigenvalue weighted by Gasteiger charge is -2.32. The molecular formula is C26H35N5O2. The Morgan fingerprint density at radius 1 is 0.970 bits per heavy atom. The second kappa shape index (κ2) is 10.4. The molecule has 0 N–H and O–H groups in total. The minimum Gasteiger partial charge on any atom is -0.339 e. The second-order valence-corrected chi connectivity index (χ2v) is 9.61. The average molecular weight is 450 g/mol. The number of benzene rings is 1. The van der Waals surface area contributed by atoms with Crippen LogP contribution in [0.4, 0.5) is 0 Å². The fourth-order valence-corrected chi connectivity index (χ4v) is 4.83.